The highest BCUT2D eigenvalue weighted by Crippen LogP contribution is 2.66. The molecule has 3 nitrogen and oxygen atoms in total. The number of ether oxygens (including phenoxy) is 1. The molecule has 2 aliphatic rings. The van der Waals surface area contributed by atoms with Crippen LogP contribution in [0.15, 0.2) is 24.3 Å². The lowest BCUT2D eigenvalue weighted by Gasteiger charge is -2.38. The van der Waals surface area contributed by atoms with E-state index in [2.05, 4.69) is 20.8 Å². The second kappa shape index (κ2) is 4.24. The number of phenols is 1. The molecule has 108 valence electrons. The van der Waals surface area contributed by atoms with E-state index in [4.69, 9.17) is 4.74 Å². The predicted octanol–water partition coefficient (Wildman–Crippen LogP) is 3.76. The van der Waals surface area contributed by atoms with Crippen LogP contribution < -0.4 is 0 Å². The van der Waals surface area contributed by atoms with Crippen molar-refractivity contribution in [2.24, 2.45) is 16.7 Å². The maximum Gasteiger partial charge on any atom is 0.338 e. The van der Waals surface area contributed by atoms with E-state index in [1.54, 1.807) is 12.1 Å². The molecule has 0 unspecified atom stereocenters. The smallest absolute Gasteiger partial charge is 0.338 e. The van der Waals surface area contributed by atoms with Crippen molar-refractivity contribution in [3.63, 3.8) is 0 Å². The summed E-state index contributed by atoms with van der Waals surface area (Å²) in [6, 6.07) is 6.25. The van der Waals surface area contributed by atoms with Gasteiger partial charge in [-0.3, -0.25) is 0 Å². The Kier molecular flexibility index (Phi) is 2.86. The SMILES string of the molecule is CC1(C)[C@H]2CC[C@]1(C)[C@H](OC(=O)c1ccc(O)cc1)C2. The van der Waals surface area contributed by atoms with E-state index in [1.807, 2.05) is 0 Å². The molecule has 0 saturated heterocycles. The number of rotatable bonds is 2. The van der Waals surface area contributed by atoms with Crippen LogP contribution in [0.25, 0.3) is 0 Å². The molecule has 2 saturated carbocycles. The van der Waals surface area contributed by atoms with Crippen molar-refractivity contribution in [3.8, 4) is 5.75 Å². The molecule has 3 atom stereocenters. The van der Waals surface area contributed by atoms with Crippen molar-refractivity contribution in [1.82, 2.24) is 0 Å². The molecule has 0 amide bonds. The third kappa shape index (κ3) is 1.75. The molecular weight excluding hydrogens is 252 g/mol. The number of carbonyl (C=O) groups excluding carboxylic acids is 1. The Labute approximate surface area is 120 Å². The van der Waals surface area contributed by atoms with E-state index in [1.165, 1.54) is 18.6 Å². The zero-order valence-electron chi connectivity index (χ0n) is 12.3. The maximum absolute atomic E-state index is 12.2. The fourth-order valence-corrected chi connectivity index (χ4v) is 4.10. The molecule has 1 N–H and O–H groups in total. The van der Waals surface area contributed by atoms with Crippen molar-refractivity contribution < 1.29 is 14.6 Å². The Hall–Kier alpha value is -1.51. The average molecular weight is 274 g/mol. The second-order valence-electron chi connectivity index (χ2n) is 7.05. The van der Waals surface area contributed by atoms with E-state index < -0.39 is 0 Å². The predicted molar refractivity (Wildman–Crippen MR) is 76.5 cm³/mol. The van der Waals surface area contributed by atoms with Gasteiger partial charge in [0, 0.05) is 5.41 Å². The minimum absolute atomic E-state index is 0.0116. The summed E-state index contributed by atoms with van der Waals surface area (Å²) in [5, 5.41) is 9.27. The topological polar surface area (TPSA) is 46.5 Å². The van der Waals surface area contributed by atoms with Gasteiger partial charge in [-0.1, -0.05) is 20.8 Å². The third-order valence-electron chi connectivity index (χ3n) is 6.07. The van der Waals surface area contributed by atoms with E-state index in [0.29, 0.717) is 11.5 Å². The van der Waals surface area contributed by atoms with Gasteiger partial charge < -0.3 is 9.84 Å². The van der Waals surface area contributed by atoms with Crippen molar-refractivity contribution in [3.05, 3.63) is 29.8 Å². The highest BCUT2D eigenvalue weighted by molar-refractivity contribution is 5.89. The van der Waals surface area contributed by atoms with Crippen LogP contribution in [0.4, 0.5) is 0 Å². The number of hydrogen-bond donors (Lipinski definition) is 1. The Bertz CT molecular complexity index is 532. The molecule has 1 aromatic rings. The number of carbonyl (C=O) groups is 1. The first kappa shape index (κ1) is 13.5. The van der Waals surface area contributed by atoms with Gasteiger partial charge in [-0.15, -0.1) is 0 Å². The summed E-state index contributed by atoms with van der Waals surface area (Å²) in [6.45, 7) is 6.87. The quantitative estimate of drug-likeness (QED) is 0.835. The maximum atomic E-state index is 12.2. The summed E-state index contributed by atoms with van der Waals surface area (Å²) in [6.07, 6.45) is 3.37. The first-order valence-corrected chi connectivity index (χ1v) is 7.34. The standard InChI is InChI=1S/C17H22O3/c1-16(2)12-8-9-17(16,3)14(10-12)20-15(19)11-4-6-13(18)7-5-11/h4-7,12,14,18H,8-10H2,1-3H3/t12-,14+,17+/m0/s1. The van der Waals surface area contributed by atoms with Crippen LogP contribution in [0.3, 0.4) is 0 Å². The van der Waals surface area contributed by atoms with Gasteiger partial charge in [0.2, 0.25) is 0 Å². The first-order chi connectivity index (χ1) is 9.34. The number of aromatic hydroxyl groups is 1. The molecule has 2 aliphatic carbocycles. The highest BCUT2D eigenvalue weighted by Gasteiger charge is 2.62. The molecule has 0 aromatic heterocycles. The van der Waals surface area contributed by atoms with Crippen LogP contribution in [-0.4, -0.2) is 17.2 Å². The van der Waals surface area contributed by atoms with Gasteiger partial charge in [-0.2, -0.15) is 0 Å². The number of esters is 1. The highest BCUT2D eigenvalue weighted by atomic mass is 16.5. The average Bonchev–Trinajstić information content (AvgIpc) is 2.72. The zero-order valence-corrected chi connectivity index (χ0v) is 12.3. The summed E-state index contributed by atoms with van der Waals surface area (Å²) in [7, 11) is 0. The van der Waals surface area contributed by atoms with Gasteiger partial charge in [-0.25, -0.2) is 4.79 Å². The van der Waals surface area contributed by atoms with Crippen molar-refractivity contribution >= 4 is 5.97 Å². The van der Waals surface area contributed by atoms with Crippen LogP contribution in [0.1, 0.15) is 50.4 Å². The first-order valence-electron chi connectivity index (χ1n) is 7.34. The molecule has 0 aliphatic heterocycles. The monoisotopic (exact) mass is 274 g/mol. The number of fused-ring (bicyclic) bond motifs is 2. The lowest BCUT2D eigenvalue weighted by atomic mass is 9.70. The lowest BCUT2D eigenvalue weighted by molar-refractivity contribution is -0.0242. The van der Waals surface area contributed by atoms with Gasteiger partial charge >= 0.3 is 5.97 Å². The Morgan fingerprint density at radius 1 is 1.25 bits per heavy atom. The van der Waals surface area contributed by atoms with E-state index in [-0.39, 0.29) is 28.7 Å². The Balaban J connectivity index is 1.76. The summed E-state index contributed by atoms with van der Waals surface area (Å²) >= 11 is 0. The molecule has 0 radical (unpaired) electrons. The molecular formula is C17H22O3. The number of benzene rings is 1. The zero-order chi connectivity index (χ0) is 14.5. The fourth-order valence-electron chi connectivity index (χ4n) is 4.10. The van der Waals surface area contributed by atoms with Gasteiger partial charge in [0.05, 0.1) is 5.56 Å². The minimum atomic E-state index is -0.278. The molecule has 20 heavy (non-hydrogen) atoms. The Morgan fingerprint density at radius 2 is 1.90 bits per heavy atom. The van der Waals surface area contributed by atoms with Crippen molar-refractivity contribution in [1.29, 1.82) is 0 Å². The molecule has 2 fully saturated rings. The van der Waals surface area contributed by atoms with E-state index in [9.17, 15) is 9.90 Å². The van der Waals surface area contributed by atoms with Crippen LogP contribution in [0.5, 0.6) is 5.75 Å². The Morgan fingerprint density at radius 3 is 2.40 bits per heavy atom. The van der Waals surface area contributed by atoms with Gasteiger partial charge in [-0.05, 0) is 54.9 Å². The van der Waals surface area contributed by atoms with Crippen LogP contribution in [0.2, 0.25) is 0 Å². The summed E-state index contributed by atoms with van der Waals surface area (Å²) in [5.41, 5.74) is 0.837. The lowest BCUT2D eigenvalue weighted by Crippen LogP contribution is -2.38. The molecule has 2 bridgehead atoms. The number of phenolic OH excluding ortho intramolecular Hbond substituents is 1. The summed E-state index contributed by atoms with van der Waals surface area (Å²) in [5.74, 6) is 0.541. The van der Waals surface area contributed by atoms with Gasteiger partial charge in [0.15, 0.2) is 0 Å². The van der Waals surface area contributed by atoms with Crippen LogP contribution in [-0.2, 0) is 4.74 Å². The second-order valence-corrected chi connectivity index (χ2v) is 7.05. The van der Waals surface area contributed by atoms with Gasteiger partial charge in [0.1, 0.15) is 11.9 Å². The normalized spacial score (nSPS) is 34.1. The molecule has 3 rings (SSSR count). The fraction of sp³-hybridized carbons (Fsp3) is 0.588. The largest absolute Gasteiger partial charge is 0.508 e. The molecule has 0 spiro atoms. The molecule has 3 heteroatoms. The summed E-state index contributed by atoms with van der Waals surface area (Å²) < 4.78 is 5.79. The van der Waals surface area contributed by atoms with Crippen LogP contribution in [0, 0.1) is 16.7 Å². The van der Waals surface area contributed by atoms with Gasteiger partial charge in [0.25, 0.3) is 0 Å². The van der Waals surface area contributed by atoms with E-state index >= 15 is 0 Å². The molecule has 1 aromatic carbocycles. The van der Waals surface area contributed by atoms with Crippen molar-refractivity contribution in [2.45, 2.75) is 46.1 Å². The molecule has 0 heterocycles. The summed E-state index contributed by atoms with van der Waals surface area (Å²) in [4.78, 5) is 12.2. The number of hydrogen-bond acceptors (Lipinski definition) is 3. The van der Waals surface area contributed by atoms with E-state index in [0.717, 1.165) is 12.8 Å². The minimum Gasteiger partial charge on any atom is -0.508 e. The van der Waals surface area contributed by atoms with Crippen LogP contribution >= 0.6 is 0 Å². The third-order valence-corrected chi connectivity index (χ3v) is 6.07. The van der Waals surface area contributed by atoms with Crippen molar-refractivity contribution in [2.75, 3.05) is 0 Å².